The van der Waals surface area contributed by atoms with Crippen LogP contribution in [0.4, 0.5) is 0 Å². The molecule has 0 spiro atoms. The van der Waals surface area contributed by atoms with Crippen LogP contribution in [0.1, 0.15) is 24.8 Å². The van der Waals surface area contributed by atoms with Gasteiger partial charge in [-0.15, -0.1) is 0 Å². The molecule has 1 aliphatic rings. The van der Waals surface area contributed by atoms with Crippen LogP contribution >= 0.6 is 0 Å². The number of aliphatic hydroxyl groups is 1. The van der Waals surface area contributed by atoms with Crippen molar-refractivity contribution in [2.45, 2.75) is 31.8 Å². The van der Waals surface area contributed by atoms with Gasteiger partial charge in [-0.05, 0) is 37.1 Å². The van der Waals surface area contributed by atoms with Crippen molar-refractivity contribution in [1.29, 1.82) is 0 Å². The number of carbonyl (C=O) groups excluding carboxylic acids is 1. The van der Waals surface area contributed by atoms with Gasteiger partial charge in [0.15, 0.2) is 6.61 Å². The second kappa shape index (κ2) is 7.26. The average molecular weight is 278 g/mol. The number of hydrogen-bond donors (Lipinski definition) is 2. The van der Waals surface area contributed by atoms with Crippen LogP contribution in [0.5, 0.6) is 5.75 Å². The number of aliphatic hydroxyl groups excluding tert-OH is 1. The molecule has 0 bridgehead atoms. The van der Waals surface area contributed by atoms with Crippen LogP contribution < -0.4 is 10.5 Å². The summed E-state index contributed by atoms with van der Waals surface area (Å²) in [5, 5.41) is 9.42. The molecule has 5 heteroatoms. The van der Waals surface area contributed by atoms with Crippen LogP contribution in [0.3, 0.4) is 0 Å². The van der Waals surface area contributed by atoms with Gasteiger partial charge in [-0.2, -0.15) is 0 Å². The Bertz CT molecular complexity index is 450. The average Bonchev–Trinajstić information content (AvgIpc) is 2.46. The van der Waals surface area contributed by atoms with Gasteiger partial charge in [0.25, 0.3) is 5.91 Å². The molecule has 0 aromatic heterocycles. The maximum atomic E-state index is 10.7. The third-order valence-corrected chi connectivity index (χ3v) is 3.63. The van der Waals surface area contributed by atoms with Crippen molar-refractivity contribution in [3.63, 3.8) is 0 Å². The molecule has 1 atom stereocenters. The molecule has 20 heavy (non-hydrogen) atoms. The third-order valence-electron chi connectivity index (χ3n) is 3.63. The van der Waals surface area contributed by atoms with E-state index < -0.39 is 5.91 Å². The summed E-state index contributed by atoms with van der Waals surface area (Å²) < 4.78 is 5.31. The summed E-state index contributed by atoms with van der Waals surface area (Å²) in [5.74, 6) is 0.172. The van der Waals surface area contributed by atoms with Gasteiger partial charge in [-0.25, -0.2) is 0 Å². The Kier molecular flexibility index (Phi) is 5.38. The molecule has 1 aromatic carbocycles. The Balaban J connectivity index is 1.97. The minimum Gasteiger partial charge on any atom is -0.484 e. The summed E-state index contributed by atoms with van der Waals surface area (Å²) in [7, 11) is 0. The largest absolute Gasteiger partial charge is 0.484 e. The molecular weight excluding hydrogens is 256 g/mol. The molecule has 1 fully saturated rings. The molecule has 3 N–H and O–H groups in total. The van der Waals surface area contributed by atoms with Gasteiger partial charge in [0.1, 0.15) is 5.75 Å². The fourth-order valence-corrected chi connectivity index (χ4v) is 2.60. The van der Waals surface area contributed by atoms with E-state index in [1.165, 1.54) is 12.8 Å². The number of nitrogens with zero attached hydrogens (tertiary/aromatic N) is 1. The number of piperidine rings is 1. The fourth-order valence-electron chi connectivity index (χ4n) is 2.60. The summed E-state index contributed by atoms with van der Waals surface area (Å²) in [6.07, 6.45) is 3.41. The molecule has 1 saturated heterocycles. The minimum absolute atomic E-state index is 0.105. The van der Waals surface area contributed by atoms with E-state index in [9.17, 15) is 9.90 Å². The first kappa shape index (κ1) is 14.8. The van der Waals surface area contributed by atoms with Crippen LogP contribution in [0, 0.1) is 0 Å². The molecular formula is C15H22N2O3. The lowest BCUT2D eigenvalue weighted by Crippen LogP contribution is -2.41. The van der Waals surface area contributed by atoms with E-state index in [0.717, 1.165) is 25.1 Å². The van der Waals surface area contributed by atoms with E-state index in [2.05, 4.69) is 4.90 Å². The van der Waals surface area contributed by atoms with E-state index >= 15 is 0 Å². The Morgan fingerprint density at radius 2 is 2.30 bits per heavy atom. The van der Waals surface area contributed by atoms with Crippen molar-refractivity contribution in [2.75, 3.05) is 19.8 Å². The fraction of sp³-hybridized carbons (Fsp3) is 0.533. The van der Waals surface area contributed by atoms with Gasteiger partial charge in [0, 0.05) is 12.6 Å². The lowest BCUT2D eigenvalue weighted by molar-refractivity contribution is -0.119. The summed E-state index contributed by atoms with van der Waals surface area (Å²) in [5.41, 5.74) is 6.18. The molecule has 0 radical (unpaired) electrons. The van der Waals surface area contributed by atoms with Crippen molar-refractivity contribution >= 4 is 5.91 Å². The van der Waals surface area contributed by atoms with Crippen LogP contribution in [-0.2, 0) is 11.3 Å². The highest BCUT2D eigenvalue weighted by molar-refractivity contribution is 5.75. The Morgan fingerprint density at radius 3 is 3.05 bits per heavy atom. The van der Waals surface area contributed by atoms with E-state index in [1.54, 1.807) is 0 Å². The normalized spacial score (nSPS) is 19.8. The summed E-state index contributed by atoms with van der Waals surface area (Å²) in [6, 6.07) is 7.92. The first-order chi connectivity index (χ1) is 9.69. The maximum Gasteiger partial charge on any atom is 0.255 e. The Morgan fingerprint density at radius 1 is 1.45 bits per heavy atom. The van der Waals surface area contributed by atoms with Crippen molar-refractivity contribution < 1.29 is 14.6 Å². The van der Waals surface area contributed by atoms with Crippen LogP contribution in [0.25, 0.3) is 0 Å². The number of primary amides is 1. The van der Waals surface area contributed by atoms with Gasteiger partial charge in [0.05, 0.1) is 6.61 Å². The zero-order valence-electron chi connectivity index (χ0n) is 11.6. The monoisotopic (exact) mass is 278 g/mol. The zero-order chi connectivity index (χ0) is 14.4. The van der Waals surface area contributed by atoms with E-state index in [4.69, 9.17) is 10.5 Å². The second-order valence-electron chi connectivity index (χ2n) is 5.21. The SMILES string of the molecule is NC(=O)COc1cccc(CN2CCCC[C@H]2CO)c1. The molecule has 1 aromatic rings. The molecule has 1 aliphatic heterocycles. The number of likely N-dealkylation sites (tertiary alicyclic amines) is 1. The van der Waals surface area contributed by atoms with Crippen LogP contribution in [0.2, 0.25) is 0 Å². The lowest BCUT2D eigenvalue weighted by Gasteiger charge is -2.34. The quantitative estimate of drug-likeness (QED) is 0.810. The van der Waals surface area contributed by atoms with Crippen molar-refractivity contribution in [3.8, 4) is 5.75 Å². The number of ether oxygens (including phenoxy) is 1. The molecule has 0 aliphatic carbocycles. The first-order valence-electron chi connectivity index (χ1n) is 7.04. The minimum atomic E-state index is -0.480. The number of rotatable bonds is 6. The summed E-state index contributed by atoms with van der Waals surface area (Å²) >= 11 is 0. The zero-order valence-corrected chi connectivity index (χ0v) is 11.6. The van der Waals surface area contributed by atoms with Crippen LogP contribution in [-0.4, -0.2) is 41.7 Å². The van der Waals surface area contributed by atoms with Crippen molar-refractivity contribution in [2.24, 2.45) is 5.73 Å². The topological polar surface area (TPSA) is 75.8 Å². The molecule has 0 unspecified atom stereocenters. The van der Waals surface area contributed by atoms with Crippen molar-refractivity contribution in [1.82, 2.24) is 4.90 Å². The smallest absolute Gasteiger partial charge is 0.255 e. The number of hydrogen-bond acceptors (Lipinski definition) is 4. The Labute approximate surface area is 119 Å². The summed E-state index contributed by atoms with van der Waals surface area (Å²) in [6.45, 7) is 1.90. The van der Waals surface area contributed by atoms with Gasteiger partial charge in [0.2, 0.25) is 0 Å². The lowest BCUT2D eigenvalue weighted by atomic mass is 10.0. The van der Waals surface area contributed by atoms with Gasteiger partial charge >= 0.3 is 0 Å². The predicted molar refractivity (Wildman–Crippen MR) is 76.3 cm³/mol. The highest BCUT2D eigenvalue weighted by atomic mass is 16.5. The Hall–Kier alpha value is -1.59. The first-order valence-corrected chi connectivity index (χ1v) is 7.04. The van der Waals surface area contributed by atoms with Gasteiger partial charge in [-0.1, -0.05) is 18.6 Å². The van der Waals surface area contributed by atoms with Gasteiger partial charge in [-0.3, -0.25) is 9.69 Å². The highest BCUT2D eigenvalue weighted by Crippen LogP contribution is 2.21. The second-order valence-corrected chi connectivity index (χ2v) is 5.21. The van der Waals surface area contributed by atoms with Crippen molar-refractivity contribution in [3.05, 3.63) is 29.8 Å². The summed E-state index contributed by atoms with van der Waals surface area (Å²) in [4.78, 5) is 13.0. The maximum absolute atomic E-state index is 10.7. The van der Waals surface area contributed by atoms with Gasteiger partial charge < -0.3 is 15.6 Å². The van der Waals surface area contributed by atoms with E-state index in [1.807, 2.05) is 24.3 Å². The molecule has 110 valence electrons. The highest BCUT2D eigenvalue weighted by Gasteiger charge is 2.21. The number of amides is 1. The van der Waals surface area contributed by atoms with E-state index in [0.29, 0.717) is 5.75 Å². The predicted octanol–water partition coefficient (Wildman–Crippen LogP) is 0.897. The standard InChI is InChI=1S/C15H22N2O3/c16-15(19)11-20-14-6-3-4-12(8-14)9-17-7-2-1-5-13(17)10-18/h3-4,6,8,13,18H,1-2,5,7,9-11H2,(H2,16,19)/t13-/m0/s1. The van der Waals surface area contributed by atoms with E-state index in [-0.39, 0.29) is 19.3 Å². The van der Waals surface area contributed by atoms with Crippen LogP contribution in [0.15, 0.2) is 24.3 Å². The molecule has 5 nitrogen and oxygen atoms in total. The molecule has 2 rings (SSSR count). The third kappa shape index (κ3) is 4.21. The number of benzene rings is 1. The number of nitrogens with two attached hydrogens (primary N) is 1. The molecule has 0 saturated carbocycles. The molecule has 1 heterocycles. The number of carbonyl (C=O) groups is 1. The molecule has 1 amide bonds.